The van der Waals surface area contributed by atoms with Crippen LogP contribution in [0.3, 0.4) is 0 Å². The van der Waals surface area contributed by atoms with E-state index >= 15 is 0 Å². The van der Waals surface area contributed by atoms with Gasteiger partial charge in [-0.2, -0.15) is 5.10 Å². The van der Waals surface area contributed by atoms with Gasteiger partial charge in [-0.3, -0.25) is 14.9 Å². The molecule has 1 aliphatic rings. The van der Waals surface area contributed by atoms with E-state index < -0.39 is 10.8 Å². The van der Waals surface area contributed by atoms with Crippen LogP contribution in [0.4, 0.5) is 5.69 Å². The van der Waals surface area contributed by atoms with E-state index in [1.54, 1.807) is 19.1 Å². The van der Waals surface area contributed by atoms with Crippen molar-refractivity contribution in [1.29, 1.82) is 0 Å². The van der Waals surface area contributed by atoms with Crippen LogP contribution in [0.15, 0.2) is 47.6 Å². The van der Waals surface area contributed by atoms with Crippen LogP contribution in [0.5, 0.6) is 11.5 Å². The Morgan fingerprint density at radius 3 is 2.40 bits per heavy atom. The largest absolute Gasteiger partial charge is 0.486 e. The lowest BCUT2D eigenvalue weighted by Crippen LogP contribution is -2.19. The molecule has 0 aromatic heterocycles. The van der Waals surface area contributed by atoms with Gasteiger partial charge in [0.15, 0.2) is 11.5 Å². The lowest BCUT2D eigenvalue weighted by molar-refractivity contribution is -0.384. The molecule has 0 radical (unpaired) electrons. The fraction of sp³-hybridized carbons (Fsp3) is 0.176. The highest BCUT2D eigenvalue weighted by Gasteiger charge is 2.13. The van der Waals surface area contributed by atoms with Crippen molar-refractivity contribution in [1.82, 2.24) is 5.43 Å². The van der Waals surface area contributed by atoms with Crippen LogP contribution >= 0.6 is 0 Å². The molecule has 1 N–H and O–H groups in total. The van der Waals surface area contributed by atoms with Gasteiger partial charge in [0.1, 0.15) is 13.2 Å². The fourth-order valence-corrected chi connectivity index (χ4v) is 2.27. The quantitative estimate of drug-likeness (QED) is 0.523. The van der Waals surface area contributed by atoms with E-state index in [0.717, 1.165) is 5.56 Å². The monoisotopic (exact) mass is 341 g/mol. The van der Waals surface area contributed by atoms with Crippen molar-refractivity contribution < 1.29 is 19.2 Å². The molecule has 0 atom stereocenters. The van der Waals surface area contributed by atoms with Crippen LogP contribution < -0.4 is 14.9 Å². The van der Waals surface area contributed by atoms with Gasteiger partial charge in [-0.25, -0.2) is 5.43 Å². The summed E-state index contributed by atoms with van der Waals surface area (Å²) >= 11 is 0. The molecule has 1 aliphatic heterocycles. The predicted octanol–water partition coefficient (Wildman–Crippen LogP) is 2.52. The van der Waals surface area contributed by atoms with Gasteiger partial charge < -0.3 is 9.47 Å². The van der Waals surface area contributed by atoms with Crippen molar-refractivity contribution in [3.63, 3.8) is 0 Å². The zero-order chi connectivity index (χ0) is 17.8. The SMILES string of the molecule is C/C(=N/NC(=O)c1ccc([N+](=O)[O-])cc1)c1ccc2c(c1)OCCO2. The Bertz CT molecular complexity index is 846. The Hall–Kier alpha value is -3.42. The van der Waals surface area contributed by atoms with Crippen LogP contribution in [0.1, 0.15) is 22.8 Å². The van der Waals surface area contributed by atoms with Gasteiger partial charge in [0.2, 0.25) is 0 Å². The molecule has 2 aromatic carbocycles. The molecule has 0 saturated heterocycles. The third-order valence-corrected chi connectivity index (χ3v) is 3.63. The van der Waals surface area contributed by atoms with Crippen LogP contribution in [0, 0.1) is 10.1 Å². The van der Waals surface area contributed by atoms with Gasteiger partial charge in [0, 0.05) is 23.3 Å². The number of ether oxygens (including phenoxy) is 2. The number of non-ortho nitro benzene ring substituents is 1. The minimum atomic E-state index is -0.522. The molecule has 1 amide bonds. The topological polar surface area (TPSA) is 103 Å². The molecule has 0 unspecified atom stereocenters. The molecule has 8 nitrogen and oxygen atoms in total. The Labute approximate surface area is 143 Å². The molecule has 25 heavy (non-hydrogen) atoms. The summed E-state index contributed by atoms with van der Waals surface area (Å²) in [5.41, 5.74) is 4.01. The summed E-state index contributed by atoms with van der Waals surface area (Å²) in [7, 11) is 0. The minimum absolute atomic E-state index is 0.0764. The summed E-state index contributed by atoms with van der Waals surface area (Å²) < 4.78 is 11.0. The first-order valence-electron chi connectivity index (χ1n) is 7.54. The number of nitrogens with zero attached hydrogens (tertiary/aromatic N) is 2. The molecule has 2 aromatic rings. The van der Waals surface area contributed by atoms with Crippen molar-refractivity contribution in [3.05, 3.63) is 63.7 Å². The van der Waals surface area contributed by atoms with E-state index in [-0.39, 0.29) is 11.3 Å². The van der Waals surface area contributed by atoms with Gasteiger partial charge in [0.05, 0.1) is 10.6 Å². The standard InChI is InChI=1S/C17H15N3O5/c1-11(13-4-7-15-16(10-13)25-9-8-24-15)18-19-17(21)12-2-5-14(6-3-12)20(22)23/h2-7,10H,8-9H2,1H3,(H,19,21)/b18-11-. The zero-order valence-corrected chi connectivity index (χ0v) is 13.4. The first-order valence-corrected chi connectivity index (χ1v) is 7.54. The number of fused-ring (bicyclic) bond motifs is 1. The van der Waals surface area contributed by atoms with E-state index in [1.165, 1.54) is 24.3 Å². The number of amides is 1. The predicted molar refractivity (Wildman–Crippen MR) is 90.2 cm³/mol. The summed E-state index contributed by atoms with van der Waals surface area (Å²) in [5.74, 6) is 0.865. The third kappa shape index (κ3) is 3.74. The van der Waals surface area contributed by atoms with Crippen molar-refractivity contribution in [2.24, 2.45) is 5.10 Å². The highest BCUT2D eigenvalue weighted by molar-refractivity contribution is 6.01. The number of carbonyl (C=O) groups is 1. The molecule has 3 rings (SSSR count). The van der Waals surface area contributed by atoms with Crippen molar-refractivity contribution >= 4 is 17.3 Å². The van der Waals surface area contributed by atoms with Crippen molar-refractivity contribution in [2.75, 3.05) is 13.2 Å². The van der Waals surface area contributed by atoms with Crippen LogP contribution in [-0.2, 0) is 0 Å². The Morgan fingerprint density at radius 2 is 1.72 bits per heavy atom. The fourth-order valence-electron chi connectivity index (χ4n) is 2.27. The number of rotatable bonds is 4. The Balaban J connectivity index is 1.70. The molecule has 0 saturated carbocycles. The molecule has 8 heteroatoms. The van der Waals surface area contributed by atoms with Crippen LogP contribution in [0.2, 0.25) is 0 Å². The van der Waals surface area contributed by atoms with Gasteiger partial charge in [-0.05, 0) is 37.3 Å². The van der Waals surface area contributed by atoms with Crippen LogP contribution in [0.25, 0.3) is 0 Å². The summed E-state index contributed by atoms with van der Waals surface area (Å²) in [4.78, 5) is 22.2. The molecule has 0 spiro atoms. The molecule has 1 heterocycles. The number of benzene rings is 2. The maximum atomic E-state index is 12.1. The number of nitro benzene ring substituents is 1. The second-order valence-corrected chi connectivity index (χ2v) is 5.30. The normalized spacial score (nSPS) is 13.2. The van der Waals surface area contributed by atoms with E-state index in [0.29, 0.717) is 30.4 Å². The average molecular weight is 341 g/mol. The van der Waals surface area contributed by atoms with Gasteiger partial charge in [-0.15, -0.1) is 0 Å². The highest BCUT2D eigenvalue weighted by atomic mass is 16.6. The van der Waals surface area contributed by atoms with E-state index in [2.05, 4.69) is 10.5 Å². The number of nitrogens with one attached hydrogen (secondary N) is 1. The van der Waals surface area contributed by atoms with Crippen molar-refractivity contribution in [2.45, 2.75) is 6.92 Å². The zero-order valence-electron chi connectivity index (χ0n) is 13.4. The number of hydrogen-bond acceptors (Lipinski definition) is 6. The van der Waals surface area contributed by atoms with Gasteiger partial charge in [0.25, 0.3) is 11.6 Å². The van der Waals surface area contributed by atoms with Crippen LogP contribution in [-0.4, -0.2) is 29.8 Å². The smallest absolute Gasteiger partial charge is 0.271 e. The number of hydrazone groups is 1. The Kier molecular flexibility index (Phi) is 4.60. The lowest BCUT2D eigenvalue weighted by Gasteiger charge is -2.18. The van der Waals surface area contributed by atoms with E-state index in [4.69, 9.17) is 9.47 Å². The van der Waals surface area contributed by atoms with Gasteiger partial charge in [-0.1, -0.05) is 0 Å². The first kappa shape index (κ1) is 16.4. The minimum Gasteiger partial charge on any atom is -0.486 e. The van der Waals surface area contributed by atoms with E-state index in [1.807, 2.05) is 6.07 Å². The molecule has 0 fully saturated rings. The third-order valence-electron chi connectivity index (χ3n) is 3.63. The Morgan fingerprint density at radius 1 is 1.08 bits per heavy atom. The molecular weight excluding hydrogens is 326 g/mol. The molecular formula is C17H15N3O5. The second kappa shape index (κ2) is 7.00. The van der Waals surface area contributed by atoms with Crippen molar-refractivity contribution in [3.8, 4) is 11.5 Å². The van der Waals surface area contributed by atoms with Gasteiger partial charge >= 0.3 is 0 Å². The highest BCUT2D eigenvalue weighted by Crippen LogP contribution is 2.30. The summed E-state index contributed by atoms with van der Waals surface area (Å²) in [6.45, 7) is 2.76. The lowest BCUT2D eigenvalue weighted by atomic mass is 10.1. The maximum Gasteiger partial charge on any atom is 0.271 e. The first-order chi connectivity index (χ1) is 12.0. The number of nitro groups is 1. The summed E-state index contributed by atoms with van der Waals surface area (Å²) in [5, 5.41) is 14.7. The number of hydrogen-bond donors (Lipinski definition) is 1. The number of carbonyl (C=O) groups excluding carboxylic acids is 1. The molecule has 128 valence electrons. The summed E-state index contributed by atoms with van der Waals surface area (Å²) in [6.07, 6.45) is 0. The molecule has 0 bridgehead atoms. The second-order valence-electron chi connectivity index (χ2n) is 5.30. The summed E-state index contributed by atoms with van der Waals surface area (Å²) in [6, 6.07) is 10.7. The maximum absolute atomic E-state index is 12.1. The van der Waals surface area contributed by atoms with E-state index in [9.17, 15) is 14.9 Å². The molecule has 0 aliphatic carbocycles. The average Bonchev–Trinajstić information content (AvgIpc) is 2.65.